The summed E-state index contributed by atoms with van der Waals surface area (Å²) in [6.45, 7) is 6.53. The van der Waals surface area contributed by atoms with Gasteiger partial charge in [-0.1, -0.05) is 261 Å². The molecule has 0 aliphatic carbocycles. The van der Waals surface area contributed by atoms with E-state index >= 15 is 0 Å². The Kier molecular flexibility index (Phi) is 55.3. The van der Waals surface area contributed by atoms with E-state index in [-0.39, 0.29) is 31.1 Å². The summed E-state index contributed by atoms with van der Waals surface area (Å²) in [7, 11) is 0. The standard InChI is InChI=1S/C63H112O6/c1-4-7-10-13-16-19-22-25-27-28-29-30-31-32-33-34-36-38-41-44-47-50-53-56-62(65)68-59-60(58-67-61(64)55-52-49-46-43-40-37-24-21-18-15-12-9-6-3)69-63(66)57-54-51-48-45-42-39-35-26-23-20-17-14-11-8-5-2/h8,11,17,20,22,25-26,28-29,35,60H,4-7,9-10,12-16,18-19,21,23-24,27,30-34,36-59H2,1-3H3/b11-8-,20-17-,25-22-,29-28-,35-26-. The van der Waals surface area contributed by atoms with Gasteiger partial charge in [-0.05, 0) is 83.5 Å². The normalized spacial score (nSPS) is 12.4. The van der Waals surface area contributed by atoms with E-state index in [4.69, 9.17) is 14.2 Å². The molecule has 0 aromatic carbocycles. The van der Waals surface area contributed by atoms with Gasteiger partial charge in [0.1, 0.15) is 13.2 Å². The van der Waals surface area contributed by atoms with Crippen molar-refractivity contribution in [3.05, 3.63) is 60.8 Å². The third-order valence-corrected chi connectivity index (χ3v) is 13.0. The van der Waals surface area contributed by atoms with Gasteiger partial charge in [0.05, 0.1) is 0 Å². The summed E-state index contributed by atoms with van der Waals surface area (Å²) in [6, 6.07) is 0. The Balaban J connectivity index is 4.30. The number of hydrogen-bond acceptors (Lipinski definition) is 6. The fourth-order valence-corrected chi connectivity index (χ4v) is 8.55. The molecule has 0 bridgehead atoms. The first-order valence-corrected chi connectivity index (χ1v) is 29.8. The van der Waals surface area contributed by atoms with E-state index in [2.05, 4.69) is 81.5 Å². The lowest BCUT2D eigenvalue weighted by molar-refractivity contribution is -0.167. The van der Waals surface area contributed by atoms with Crippen LogP contribution in [0.1, 0.15) is 303 Å². The van der Waals surface area contributed by atoms with Crippen molar-refractivity contribution in [2.45, 2.75) is 309 Å². The Morgan fingerprint density at radius 3 is 0.884 bits per heavy atom. The fraction of sp³-hybridized carbons (Fsp3) is 0.794. The SMILES string of the molecule is CC/C=C\C/C=C\C/C=C\CCCCCCCC(=O)OC(COC(=O)CCCCCCCCCCCCC/C=C\C/C=C\CCCCCCC)COC(=O)CCCCCCCCCCCCCCC. The van der Waals surface area contributed by atoms with E-state index in [0.29, 0.717) is 19.3 Å². The highest BCUT2D eigenvalue weighted by atomic mass is 16.6. The molecular formula is C63H112O6. The minimum Gasteiger partial charge on any atom is -0.462 e. The predicted octanol–water partition coefficient (Wildman–Crippen LogP) is 20.0. The van der Waals surface area contributed by atoms with Crippen LogP contribution in [0, 0.1) is 0 Å². The van der Waals surface area contributed by atoms with Crippen molar-refractivity contribution in [2.75, 3.05) is 13.2 Å². The highest BCUT2D eigenvalue weighted by molar-refractivity contribution is 5.71. The Labute approximate surface area is 428 Å². The highest BCUT2D eigenvalue weighted by Gasteiger charge is 2.19. The second kappa shape index (κ2) is 57.7. The molecule has 0 heterocycles. The topological polar surface area (TPSA) is 78.9 Å². The molecule has 0 rings (SSSR count). The maximum atomic E-state index is 12.8. The maximum Gasteiger partial charge on any atom is 0.306 e. The van der Waals surface area contributed by atoms with Gasteiger partial charge >= 0.3 is 17.9 Å². The van der Waals surface area contributed by atoms with Crippen molar-refractivity contribution in [1.82, 2.24) is 0 Å². The summed E-state index contributed by atoms with van der Waals surface area (Å²) >= 11 is 0. The van der Waals surface area contributed by atoms with E-state index in [1.165, 1.54) is 161 Å². The first-order valence-electron chi connectivity index (χ1n) is 29.8. The Hall–Kier alpha value is -2.89. The van der Waals surface area contributed by atoms with E-state index in [1.54, 1.807) is 0 Å². The maximum absolute atomic E-state index is 12.8. The number of allylic oxidation sites excluding steroid dienone is 10. The quantitative estimate of drug-likeness (QED) is 0.0262. The van der Waals surface area contributed by atoms with Crippen molar-refractivity contribution < 1.29 is 28.6 Å². The van der Waals surface area contributed by atoms with Crippen LogP contribution in [0.3, 0.4) is 0 Å². The molecule has 0 fully saturated rings. The van der Waals surface area contributed by atoms with Gasteiger partial charge in [-0.25, -0.2) is 0 Å². The first kappa shape index (κ1) is 66.1. The van der Waals surface area contributed by atoms with Gasteiger partial charge in [0.25, 0.3) is 0 Å². The summed E-state index contributed by atoms with van der Waals surface area (Å²) < 4.78 is 16.9. The molecule has 0 aliphatic rings. The summed E-state index contributed by atoms with van der Waals surface area (Å²) in [4.78, 5) is 38.2. The average molecular weight is 966 g/mol. The molecule has 0 saturated heterocycles. The summed E-state index contributed by atoms with van der Waals surface area (Å²) in [5.74, 6) is -0.885. The van der Waals surface area contributed by atoms with Crippen LogP contribution < -0.4 is 0 Å². The Morgan fingerprint density at radius 1 is 0.304 bits per heavy atom. The van der Waals surface area contributed by atoms with Gasteiger partial charge < -0.3 is 14.2 Å². The third kappa shape index (κ3) is 55.9. The van der Waals surface area contributed by atoms with Crippen molar-refractivity contribution in [1.29, 1.82) is 0 Å². The lowest BCUT2D eigenvalue weighted by atomic mass is 10.0. The Morgan fingerprint density at radius 2 is 0.565 bits per heavy atom. The molecule has 0 radical (unpaired) electrons. The van der Waals surface area contributed by atoms with Crippen LogP contribution in [0.2, 0.25) is 0 Å². The van der Waals surface area contributed by atoms with Crippen LogP contribution in [0.4, 0.5) is 0 Å². The van der Waals surface area contributed by atoms with Gasteiger partial charge in [0, 0.05) is 19.3 Å². The lowest BCUT2D eigenvalue weighted by Gasteiger charge is -2.18. The van der Waals surface area contributed by atoms with Crippen molar-refractivity contribution in [3.8, 4) is 0 Å². The molecule has 0 aliphatic heterocycles. The molecule has 0 saturated carbocycles. The number of carbonyl (C=O) groups excluding carboxylic acids is 3. The van der Waals surface area contributed by atoms with Gasteiger partial charge in [-0.2, -0.15) is 0 Å². The minimum atomic E-state index is -0.782. The molecule has 0 spiro atoms. The van der Waals surface area contributed by atoms with Crippen LogP contribution in [0.25, 0.3) is 0 Å². The molecule has 0 aromatic rings. The summed E-state index contributed by atoms with van der Waals surface area (Å²) in [5.41, 5.74) is 0. The van der Waals surface area contributed by atoms with Crippen LogP contribution in [-0.2, 0) is 28.6 Å². The number of hydrogen-bond donors (Lipinski definition) is 0. The van der Waals surface area contributed by atoms with Crippen molar-refractivity contribution in [3.63, 3.8) is 0 Å². The molecule has 6 nitrogen and oxygen atoms in total. The zero-order valence-corrected chi connectivity index (χ0v) is 45.8. The van der Waals surface area contributed by atoms with Crippen LogP contribution >= 0.6 is 0 Å². The van der Waals surface area contributed by atoms with Crippen molar-refractivity contribution >= 4 is 17.9 Å². The zero-order valence-electron chi connectivity index (χ0n) is 45.8. The highest BCUT2D eigenvalue weighted by Crippen LogP contribution is 2.16. The van der Waals surface area contributed by atoms with Crippen LogP contribution in [-0.4, -0.2) is 37.2 Å². The summed E-state index contributed by atoms with van der Waals surface area (Å²) in [6.07, 6.45) is 72.2. The molecule has 69 heavy (non-hydrogen) atoms. The molecule has 1 atom stereocenters. The summed E-state index contributed by atoms with van der Waals surface area (Å²) in [5, 5.41) is 0. The lowest BCUT2D eigenvalue weighted by Crippen LogP contribution is -2.30. The van der Waals surface area contributed by atoms with Crippen LogP contribution in [0.15, 0.2) is 60.8 Å². The fourth-order valence-electron chi connectivity index (χ4n) is 8.55. The van der Waals surface area contributed by atoms with Gasteiger partial charge in [-0.15, -0.1) is 0 Å². The minimum absolute atomic E-state index is 0.0791. The number of esters is 3. The second-order valence-corrected chi connectivity index (χ2v) is 19.9. The van der Waals surface area contributed by atoms with Crippen LogP contribution in [0.5, 0.6) is 0 Å². The average Bonchev–Trinajstić information content (AvgIpc) is 3.35. The number of rotatable bonds is 54. The first-order chi connectivity index (χ1) is 34.0. The third-order valence-electron chi connectivity index (χ3n) is 13.0. The van der Waals surface area contributed by atoms with E-state index in [1.807, 2.05) is 0 Å². The number of carbonyl (C=O) groups is 3. The zero-order chi connectivity index (χ0) is 50.0. The van der Waals surface area contributed by atoms with E-state index < -0.39 is 6.10 Å². The molecule has 6 heteroatoms. The van der Waals surface area contributed by atoms with E-state index in [0.717, 1.165) is 103 Å². The van der Waals surface area contributed by atoms with Gasteiger partial charge in [0.15, 0.2) is 6.10 Å². The van der Waals surface area contributed by atoms with Gasteiger partial charge in [-0.3, -0.25) is 14.4 Å². The number of ether oxygens (including phenoxy) is 3. The molecule has 0 N–H and O–H groups in total. The molecule has 1 unspecified atom stereocenters. The Bertz CT molecular complexity index is 1250. The van der Waals surface area contributed by atoms with E-state index in [9.17, 15) is 14.4 Å². The van der Waals surface area contributed by atoms with Gasteiger partial charge in [0.2, 0.25) is 0 Å². The smallest absolute Gasteiger partial charge is 0.306 e. The molecular weight excluding hydrogens is 853 g/mol. The monoisotopic (exact) mass is 965 g/mol. The number of unbranched alkanes of at least 4 members (excludes halogenated alkanes) is 33. The largest absolute Gasteiger partial charge is 0.462 e. The second-order valence-electron chi connectivity index (χ2n) is 19.9. The molecule has 400 valence electrons. The van der Waals surface area contributed by atoms with Crippen molar-refractivity contribution in [2.24, 2.45) is 0 Å². The molecule has 0 amide bonds. The molecule has 0 aromatic heterocycles. The predicted molar refractivity (Wildman–Crippen MR) is 298 cm³/mol.